The van der Waals surface area contributed by atoms with E-state index in [1.165, 1.54) is 11.3 Å². The highest BCUT2D eigenvalue weighted by Gasteiger charge is 2.09. The van der Waals surface area contributed by atoms with Gasteiger partial charge in [0.2, 0.25) is 0 Å². The van der Waals surface area contributed by atoms with Crippen molar-refractivity contribution >= 4 is 49.6 Å². The first-order chi connectivity index (χ1) is 7.72. The van der Waals surface area contributed by atoms with Gasteiger partial charge in [-0.1, -0.05) is 11.6 Å². The fraction of sp³-hybridized carbons (Fsp3) is 0. The van der Waals surface area contributed by atoms with Gasteiger partial charge in [-0.05, 0) is 18.2 Å². The van der Waals surface area contributed by atoms with Crippen LogP contribution in [0.5, 0.6) is 0 Å². The Morgan fingerprint density at radius 2 is 2.12 bits per heavy atom. The third-order valence-corrected chi connectivity index (χ3v) is 4.06. The fourth-order valence-corrected chi connectivity index (χ4v) is 3.09. The quantitative estimate of drug-likeness (QED) is 0.732. The molecule has 2 N–H and O–H groups in total. The lowest BCUT2D eigenvalue weighted by atomic mass is 10.3. The van der Waals surface area contributed by atoms with E-state index in [-0.39, 0.29) is 0 Å². The van der Waals surface area contributed by atoms with Gasteiger partial charge in [0.25, 0.3) is 0 Å². The number of aromatic nitrogens is 2. The molecule has 0 unspecified atom stereocenters. The van der Waals surface area contributed by atoms with Crippen molar-refractivity contribution in [2.75, 3.05) is 5.73 Å². The van der Waals surface area contributed by atoms with Gasteiger partial charge < -0.3 is 5.73 Å². The number of nitrogen functional groups attached to an aromatic ring is 1. The van der Waals surface area contributed by atoms with E-state index >= 15 is 0 Å². The third-order valence-electron chi connectivity index (χ3n) is 2.09. The second-order valence-corrected chi connectivity index (χ2v) is 5.56. The summed E-state index contributed by atoms with van der Waals surface area (Å²) in [7, 11) is 0. The van der Waals surface area contributed by atoms with E-state index in [1.54, 1.807) is 11.3 Å². The minimum atomic E-state index is 0.562. The number of nitrogens with two attached hydrogens (primary N) is 1. The average Bonchev–Trinajstić information content (AvgIpc) is 2.83. The smallest absolute Gasteiger partial charge is 0.180 e. The van der Waals surface area contributed by atoms with Crippen molar-refractivity contribution in [2.45, 2.75) is 0 Å². The Hall–Kier alpha value is -1.17. The summed E-state index contributed by atoms with van der Waals surface area (Å²) in [6, 6.07) is 5.68. The predicted octanol–water partition coefficient (Wildman–Crippen LogP) is 3.66. The molecule has 3 nitrogen and oxygen atoms in total. The summed E-state index contributed by atoms with van der Waals surface area (Å²) in [6.07, 6.45) is 0. The average molecular weight is 268 g/mol. The third kappa shape index (κ3) is 1.67. The molecule has 16 heavy (non-hydrogen) atoms. The molecule has 0 fully saturated rings. The van der Waals surface area contributed by atoms with Gasteiger partial charge in [0.15, 0.2) is 5.13 Å². The fourth-order valence-electron chi connectivity index (χ4n) is 1.40. The van der Waals surface area contributed by atoms with Gasteiger partial charge in [-0.25, -0.2) is 9.97 Å². The molecule has 80 valence electrons. The van der Waals surface area contributed by atoms with Crippen LogP contribution < -0.4 is 5.73 Å². The van der Waals surface area contributed by atoms with Crippen LogP contribution >= 0.6 is 34.3 Å². The number of hydrogen-bond acceptors (Lipinski definition) is 5. The van der Waals surface area contributed by atoms with Crippen molar-refractivity contribution in [3.8, 4) is 10.7 Å². The largest absolute Gasteiger partial charge is 0.375 e. The van der Waals surface area contributed by atoms with Gasteiger partial charge in [-0.2, -0.15) is 0 Å². The van der Waals surface area contributed by atoms with E-state index in [0.717, 1.165) is 20.9 Å². The summed E-state index contributed by atoms with van der Waals surface area (Å²) in [4.78, 5) is 8.69. The Kier molecular flexibility index (Phi) is 2.31. The van der Waals surface area contributed by atoms with Gasteiger partial charge in [0.1, 0.15) is 10.7 Å². The van der Waals surface area contributed by atoms with Gasteiger partial charge >= 0.3 is 0 Å². The van der Waals surface area contributed by atoms with E-state index in [4.69, 9.17) is 17.3 Å². The molecule has 2 aromatic heterocycles. The minimum absolute atomic E-state index is 0.562. The van der Waals surface area contributed by atoms with Crippen molar-refractivity contribution in [1.82, 2.24) is 9.97 Å². The van der Waals surface area contributed by atoms with Crippen molar-refractivity contribution in [3.05, 3.63) is 28.6 Å². The Bertz CT molecular complexity index is 659. The molecule has 0 atom stereocenters. The van der Waals surface area contributed by atoms with E-state index in [0.29, 0.717) is 10.2 Å². The highest BCUT2D eigenvalue weighted by atomic mass is 35.5. The zero-order chi connectivity index (χ0) is 11.1. The molecule has 0 spiro atoms. The highest BCUT2D eigenvalue weighted by molar-refractivity contribution is 7.22. The number of halogens is 1. The van der Waals surface area contributed by atoms with Crippen molar-refractivity contribution in [3.63, 3.8) is 0 Å². The molecule has 0 aliphatic rings. The second kappa shape index (κ2) is 3.69. The summed E-state index contributed by atoms with van der Waals surface area (Å²) in [5, 5.41) is 4.05. The molecule has 0 radical (unpaired) electrons. The Morgan fingerprint density at radius 3 is 2.88 bits per heavy atom. The van der Waals surface area contributed by atoms with E-state index < -0.39 is 0 Å². The normalized spacial score (nSPS) is 11.1. The van der Waals surface area contributed by atoms with Crippen molar-refractivity contribution < 1.29 is 0 Å². The number of rotatable bonds is 1. The first kappa shape index (κ1) is 10.0. The van der Waals surface area contributed by atoms with Crippen LogP contribution in [0, 0.1) is 0 Å². The Labute approximate surface area is 105 Å². The highest BCUT2D eigenvalue weighted by Crippen LogP contribution is 2.32. The number of benzene rings is 1. The SMILES string of the molecule is Nc1nc(-c2nc3cc(Cl)ccc3s2)cs1. The molecule has 0 amide bonds. The zero-order valence-corrected chi connectivity index (χ0v) is 10.4. The number of thiazole rings is 2. The van der Waals surface area contributed by atoms with Crippen LogP contribution in [0.4, 0.5) is 5.13 Å². The van der Waals surface area contributed by atoms with E-state index in [2.05, 4.69) is 9.97 Å². The summed E-state index contributed by atoms with van der Waals surface area (Å²) in [5.74, 6) is 0. The monoisotopic (exact) mass is 267 g/mol. The van der Waals surface area contributed by atoms with Gasteiger partial charge in [-0.3, -0.25) is 0 Å². The van der Waals surface area contributed by atoms with E-state index in [1.807, 2.05) is 23.6 Å². The van der Waals surface area contributed by atoms with Crippen LogP contribution in [0.1, 0.15) is 0 Å². The van der Waals surface area contributed by atoms with Crippen LogP contribution in [0.15, 0.2) is 23.6 Å². The number of anilines is 1. The predicted molar refractivity (Wildman–Crippen MR) is 70.2 cm³/mol. The molecular weight excluding hydrogens is 262 g/mol. The van der Waals surface area contributed by atoms with Crippen molar-refractivity contribution in [1.29, 1.82) is 0 Å². The topological polar surface area (TPSA) is 51.8 Å². The van der Waals surface area contributed by atoms with Crippen LogP contribution in [-0.4, -0.2) is 9.97 Å². The molecule has 0 saturated carbocycles. The molecular formula is C10H6ClN3S2. The molecule has 0 saturated heterocycles. The van der Waals surface area contributed by atoms with Gasteiger partial charge in [-0.15, -0.1) is 22.7 Å². The van der Waals surface area contributed by atoms with Crippen molar-refractivity contribution in [2.24, 2.45) is 0 Å². The molecule has 3 aromatic rings. The Morgan fingerprint density at radius 1 is 1.25 bits per heavy atom. The lowest BCUT2D eigenvalue weighted by molar-refractivity contribution is 1.37. The summed E-state index contributed by atoms with van der Waals surface area (Å²) in [6.45, 7) is 0. The Balaban J connectivity index is 2.18. The first-order valence-corrected chi connectivity index (χ1v) is 6.57. The number of nitrogens with zero attached hydrogens (tertiary/aromatic N) is 2. The number of fused-ring (bicyclic) bond motifs is 1. The lowest BCUT2D eigenvalue weighted by Crippen LogP contribution is -1.81. The molecule has 6 heteroatoms. The van der Waals surface area contributed by atoms with Gasteiger partial charge in [0, 0.05) is 10.4 Å². The maximum atomic E-state index is 5.91. The molecule has 3 rings (SSSR count). The lowest BCUT2D eigenvalue weighted by Gasteiger charge is -1.86. The van der Waals surface area contributed by atoms with Crippen LogP contribution in [-0.2, 0) is 0 Å². The zero-order valence-electron chi connectivity index (χ0n) is 7.98. The molecule has 0 bridgehead atoms. The second-order valence-electron chi connectivity index (χ2n) is 3.20. The standard InChI is InChI=1S/C10H6ClN3S2/c11-5-1-2-8-6(3-5)13-9(16-8)7-4-15-10(12)14-7/h1-4H,(H2,12,14). The maximum absolute atomic E-state index is 5.91. The molecule has 0 aliphatic heterocycles. The minimum Gasteiger partial charge on any atom is -0.375 e. The van der Waals surface area contributed by atoms with Gasteiger partial charge in [0.05, 0.1) is 10.2 Å². The van der Waals surface area contributed by atoms with E-state index in [9.17, 15) is 0 Å². The van der Waals surface area contributed by atoms with Crippen LogP contribution in [0.3, 0.4) is 0 Å². The first-order valence-electron chi connectivity index (χ1n) is 4.50. The summed E-state index contributed by atoms with van der Waals surface area (Å²) < 4.78 is 1.10. The van der Waals surface area contributed by atoms with Crippen LogP contribution in [0.25, 0.3) is 20.9 Å². The maximum Gasteiger partial charge on any atom is 0.180 e. The molecule has 0 aliphatic carbocycles. The van der Waals surface area contributed by atoms with Crippen LogP contribution in [0.2, 0.25) is 5.02 Å². The molecule has 2 heterocycles. The molecule has 1 aromatic carbocycles. The number of hydrogen-bond donors (Lipinski definition) is 1. The summed E-state index contributed by atoms with van der Waals surface area (Å²) in [5.41, 5.74) is 7.33. The summed E-state index contributed by atoms with van der Waals surface area (Å²) >= 11 is 8.92.